The molecule has 1 heterocycles. The molecule has 0 saturated heterocycles. The van der Waals surface area contributed by atoms with Crippen molar-refractivity contribution in [1.29, 1.82) is 0 Å². The molecule has 6 heteroatoms. The Morgan fingerprint density at radius 3 is 2.56 bits per heavy atom. The molecule has 0 radical (unpaired) electrons. The van der Waals surface area contributed by atoms with E-state index in [9.17, 15) is 4.79 Å². The molecule has 0 spiro atoms. The summed E-state index contributed by atoms with van der Waals surface area (Å²) in [6.07, 6.45) is 3.41. The summed E-state index contributed by atoms with van der Waals surface area (Å²) in [6, 6.07) is 17.5. The molecule has 3 aromatic rings. The summed E-state index contributed by atoms with van der Waals surface area (Å²) in [5.74, 6) is 0.326. The van der Waals surface area contributed by atoms with E-state index in [4.69, 9.17) is 0 Å². The second kappa shape index (κ2) is 8.19. The van der Waals surface area contributed by atoms with E-state index in [0.717, 1.165) is 17.7 Å². The molecule has 25 heavy (non-hydrogen) atoms. The molecule has 0 bridgehead atoms. The van der Waals surface area contributed by atoms with Crippen LogP contribution in [0.25, 0.3) is 11.4 Å². The van der Waals surface area contributed by atoms with Crippen molar-refractivity contribution in [2.45, 2.75) is 32.7 Å². The Bertz CT molecular complexity index is 811. The second-order valence-electron chi connectivity index (χ2n) is 5.86. The summed E-state index contributed by atoms with van der Waals surface area (Å²) >= 11 is 0. The third kappa shape index (κ3) is 4.73. The summed E-state index contributed by atoms with van der Waals surface area (Å²) in [5.41, 5.74) is 2.93. The molecular formula is C19H21N5O. The van der Waals surface area contributed by atoms with Gasteiger partial charge in [0.2, 0.25) is 11.7 Å². The minimum Gasteiger partial charge on any atom is -0.324 e. The Morgan fingerprint density at radius 2 is 1.84 bits per heavy atom. The van der Waals surface area contributed by atoms with Crippen molar-refractivity contribution < 1.29 is 4.79 Å². The zero-order valence-corrected chi connectivity index (χ0v) is 14.2. The molecule has 6 nitrogen and oxygen atoms in total. The number of rotatable bonds is 7. The van der Waals surface area contributed by atoms with Crippen LogP contribution >= 0.6 is 0 Å². The highest BCUT2D eigenvalue weighted by atomic mass is 16.2. The van der Waals surface area contributed by atoms with E-state index < -0.39 is 0 Å². The van der Waals surface area contributed by atoms with Crippen LogP contribution in [0.4, 0.5) is 5.69 Å². The van der Waals surface area contributed by atoms with Crippen LogP contribution in [0, 0.1) is 0 Å². The van der Waals surface area contributed by atoms with Crippen molar-refractivity contribution in [3.05, 3.63) is 60.2 Å². The molecule has 3 rings (SSSR count). The summed E-state index contributed by atoms with van der Waals surface area (Å²) in [5, 5.41) is 15.0. The Morgan fingerprint density at radius 1 is 1.08 bits per heavy atom. The first-order chi connectivity index (χ1) is 12.2. The van der Waals surface area contributed by atoms with Gasteiger partial charge in [0.05, 0.1) is 0 Å². The topological polar surface area (TPSA) is 72.7 Å². The number of hydrogen-bond acceptors (Lipinski definition) is 4. The van der Waals surface area contributed by atoms with Gasteiger partial charge in [0, 0.05) is 11.3 Å². The highest BCUT2D eigenvalue weighted by Gasteiger charge is 2.09. The molecular weight excluding hydrogens is 314 g/mol. The third-order valence-corrected chi connectivity index (χ3v) is 3.83. The maximum Gasteiger partial charge on any atom is 0.248 e. The molecule has 0 aliphatic heterocycles. The van der Waals surface area contributed by atoms with Gasteiger partial charge in [-0.05, 0) is 35.8 Å². The van der Waals surface area contributed by atoms with E-state index in [1.54, 1.807) is 0 Å². The van der Waals surface area contributed by atoms with E-state index in [1.807, 2.05) is 54.6 Å². The van der Waals surface area contributed by atoms with Crippen molar-refractivity contribution >= 4 is 11.6 Å². The monoisotopic (exact) mass is 335 g/mol. The number of tetrazole rings is 1. The standard InChI is InChI=1S/C19H21N5O/c1-2-3-7-15-10-12-17(13-11-15)20-18(25)14-24-22-19(21-23-24)16-8-5-4-6-9-16/h4-6,8-13H,2-3,7,14H2,1H3,(H,20,25). The molecule has 1 aromatic heterocycles. The molecule has 0 fully saturated rings. The van der Waals surface area contributed by atoms with Gasteiger partial charge in [-0.25, -0.2) is 0 Å². The fourth-order valence-electron chi connectivity index (χ4n) is 2.48. The minimum absolute atomic E-state index is 0.0252. The Hall–Kier alpha value is -3.02. The predicted octanol–water partition coefficient (Wildman–Crippen LogP) is 3.32. The predicted molar refractivity (Wildman–Crippen MR) is 96.9 cm³/mol. The maximum absolute atomic E-state index is 12.1. The molecule has 1 N–H and O–H groups in total. The zero-order valence-electron chi connectivity index (χ0n) is 14.2. The highest BCUT2D eigenvalue weighted by molar-refractivity contribution is 5.90. The van der Waals surface area contributed by atoms with Crippen LogP contribution in [0.15, 0.2) is 54.6 Å². The van der Waals surface area contributed by atoms with E-state index in [2.05, 4.69) is 27.7 Å². The molecule has 128 valence electrons. The number of nitrogens with zero attached hydrogens (tertiary/aromatic N) is 4. The van der Waals surface area contributed by atoms with Gasteiger partial charge in [-0.2, -0.15) is 4.80 Å². The lowest BCUT2D eigenvalue weighted by atomic mass is 10.1. The van der Waals surface area contributed by atoms with Gasteiger partial charge in [0.1, 0.15) is 6.54 Å². The number of carbonyl (C=O) groups excluding carboxylic acids is 1. The fourth-order valence-corrected chi connectivity index (χ4v) is 2.48. The summed E-state index contributed by atoms with van der Waals surface area (Å²) < 4.78 is 0. The number of hydrogen-bond donors (Lipinski definition) is 1. The number of nitrogens with one attached hydrogen (secondary N) is 1. The molecule has 2 aromatic carbocycles. The van der Waals surface area contributed by atoms with Gasteiger partial charge in [-0.1, -0.05) is 55.8 Å². The van der Waals surface area contributed by atoms with Crippen molar-refractivity contribution in [1.82, 2.24) is 20.2 Å². The SMILES string of the molecule is CCCCc1ccc(NC(=O)Cn2nnc(-c3ccccc3)n2)cc1. The lowest BCUT2D eigenvalue weighted by Crippen LogP contribution is -2.20. The number of benzene rings is 2. The van der Waals surface area contributed by atoms with Crippen LogP contribution in [0.5, 0.6) is 0 Å². The van der Waals surface area contributed by atoms with Crippen LogP contribution in [-0.2, 0) is 17.8 Å². The lowest BCUT2D eigenvalue weighted by molar-refractivity contribution is -0.117. The average molecular weight is 335 g/mol. The third-order valence-electron chi connectivity index (χ3n) is 3.83. The Balaban J connectivity index is 1.57. The van der Waals surface area contributed by atoms with Crippen molar-refractivity contribution in [3.63, 3.8) is 0 Å². The van der Waals surface area contributed by atoms with Gasteiger partial charge in [-0.15, -0.1) is 10.2 Å². The Labute approximate surface area is 146 Å². The van der Waals surface area contributed by atoms with Crippen LogP contribution in [0.2, 0.25) is 0 Å². The number of unbranched alkanes of at least 4 members (excludes halogenated alkanes) is 1. The average Bonchev–Trinajstić information content (AvgIpc) is 3.10. The van der Waals surface area contributed by atoms with E-state index in [1.165, 1.54) is 23.2 Å². The van der Waals surface area contributed by atoms with Crippen molar-refractivity contribution in [2.75, 3.05) is 5.32 Å². The molecule has 0 aliphatic rings. The minimum atomic E-state index is -0.182. The number of aromatic nitrogens is 4. The number of carbonyl (C=O) groups is 1. The molecule has 0 unspecified atom stereocenters. The lowest BCUT2D eigenvalue weighted by Gasteiger charge is -2.06. The van der Waals surface area contributed by atoms with E-state index in [-0.39, 0.29) is 12.5 Å². The molecule has 0 saturated carbocycles. The van der Waals surface area contributed by atoms with Crippen LogP contribution in [0.3, 0.4) is 0 Å². The fraction of sp³-hybridized carbons (Fsp3) is 0.263. The van der Waals surface area contributed by atoms with Crippen LogP contribution < -0.4 is 5.32 Å². The van der Waals surface area contributed by atoms with Crippen molar-refractivity contribution in [2.24, 2.45) is 0 Å². The second-order valence-corrected chi connectivity index (χ2v) is 5.86. The van der Waals surface area contributed by atoms with Crippen molar-refractivity contribution in [3.8, 4) is 11.4 Å². The summed E-state index contributed by atoms with van der Waals surface area (Å²) in [7, 11) is 0. The van der Waals surface area contributed by atoms with Gasteiger partial charge in [-0.3, -0.25) is 4.79 Å². The largest absolute Gasteiger partial charge is 0.324 e. The highest BCUT2D eigenvalue weighted by Crippen LogP contribution is 2.13. The Kier molecular flexibility index (Phi) is 5.51. The quantitative estimate of drug-likeness (QED) is 0.719. The first-order valence-electron chi connectivity index (χ1n) is 8.46. The molecule has 1 amide bonds. The van der Waals surface area contributed by atoms with E-state index >= 15 is 0 Å². The number of amides is 1. The van der Waals surface area contributed by atoms with Gasteiger partial charge in [0.25, 0.3) is 0 Å². The first-order valence-corrected chi connectivity index (χ1v) is 8.46. The van der Waals surface area contributed by atoms with Crippen LogP contribution in [-0.4, -0.2) is 26.1 Å². The zero-order chi connectivity index (χ0) is 17.5. The van der Waals surface area contributed by atoms with Crippen LogP contribution in [0.1, 0.15) is 25.3 Å². The maximum atomic E-state index is 12.1. The number of aryl methyl sites for hydroxylation is 1. The molecule has 0 atom stereocenters. The smallest absolute Gasteiger partial charge is 0.248 e. The van der Waals surface area contributed by atoms with Gasteiger partial charge >= 0.3 is 0 Å². The summed E-state index contributed by atoms with van der Waals surface area (Å²) in [6.45, 7) is 2.20. The van der Waals surface area contributed by atoms with Gasteiger partial charge < -0.3 is 5.32 Å². The first kappa shape index (κ1) is 16.8. The van der Waals surface area contributed by atoms with E-state index in [0.29, 0.717) is 5.82 Å². The number of anilines is 1. The van der Waals surface area contributed by atoms with Gasteiger partial charge in [0.15, 0.2) is 0 Å². The molecule has 0 aliphatic carbocycles. The normalized spacial score (nSPS) is 10.6. The summed E-state index contributed by atoms with van der Waals surface area (Å²) in [4.78, 5) is 13.4.